The van der Waals surface area contributed by atoms with E-state index in [2.05, 4.69) is 121 Å². The average molecular weight is 488 g/mol. The minimum atomic E-state index is 1.06. The van der Waals surface area contributed by atoms with Crippen LogP contribution in [-0.4, -0.2) is 4.98 Å². The van der Waals surface area contributed by atoms with Crippen molar-refractivity contribution in [1.82, 2.24) is 4.98 Å². The van der Waals surface area contributed by atoms with Gasteiger partial charge < -0.3 is 0 Å². The van der Waals surface area contributed by atoms with Crippen LogP contribution in [0.4, 0.5) is 0 Å². The van der Waals surface area contributed by atoms with Crippen molar-refractivity contribution in [2.24, 2.45) is 0 Å². The standard InChI is InChI=1S/C35H21NS/c1-2-8-22(9-3-1)34-35-30(18-19-36-34)32-21-24(15-17-33(32)37-35)23-14-16-29-27-12-5-4-10-25(27)26-11-6-7-13-28(26)31(29)20-23/h1-21H. The van der Waals surface area contributed by atoms with Crippen molar-refractivity contribution in [3.05, 3.63) is 128 Å². The van der Waals surface area contributed by atoms with E-state index in [1.807, 2.05) is 17.5 Å². The highest BCUT2D eigenvalue weighted by Crippen LogP contribution is 2.41. The van der Waals surface area contributed by atoms with Crippen molar-refractivity contribution >= 4 is 63.8 Å². The van der Waals surface area contributed by atoms with Crippen LogP contribution in [0.15, 0.2) is 128 Å². The summed E-state index contributed by atoms with van der Waals surface area (Å²) in [6, 6.07) is 44.0. The maximum atomic E-state index is 4.75. The Morgan fingerprint density at radius 2 is 0.973 bits per heavy atom. The minimum Gasteiger partial charge on any atom is -0.255 e. The van der Waals surface area contributed by atoms with Crippen LogP contribution in [0.3, 0.4) is 0 Å². The number of pyridine rings is 1. The number of hydrogen-bond acceptors (Lipinski definition) is 2. The monoisotopic (exact) mass is 487 g/mol. The third kappa shape index (κ3) is 3.13. The van der Waals surface area contributed by atoms with Gasteiger partial charge in [0.15, 0.2) is 0 Å². The van der Waals surface area contributed by atoms with Crippen molar-refractivity contribution < 1.29 is 0 Å². The molecule has 0 atom stereocenters. The number of hydrogen-bond donors (Lipinski definition) is 0. The highest BCUT2D eigenvalue weighted by molar-refractivity contribution is 7.26. The Labute approximate surface area is 218 Å². The van der Waals surface area contributed by atoms with Crippen molar-refractivity contribution in [3.8, 4) is 22.4 Å². The zero-order valence-corrected chi connectivity index (χ0v) is 20.8. The van der Waals surface area contributed by atoms with E-state index in [0.29, 0.717) is 0 Å². The lowest BCUT2D eigenvalue weighted by Crippen LogP contribution is -1.85. The number of nitrogens with zero attached hydrogens (tertiary/aromatic N) is 1. The van der Waals surface area contributed by atoms with Crippen LogP contribution in [0.5, 0.6) is 0 Å². The summed E-state index contributed by atoms with van der Waals surface area (Å²) in [5.74, 6) is 0. The van der Waals surface area contributed by atoms with Gasteiger partial charge in [0.1, 0.15) is 0 Å². The molecule has 0 N–H and O–H groups in total. The van der Waals surface area contributed by atoms with Crippen LogP contribution >= 0.6 is 11.3 Å². The first-order valence-electron chi connectivity index (χ1n) is 12.6. The van der Waals surface area contributed by atoms with E-state index in [0.717, 1.165) is 11.3 Å². The molecule has 8 rings (SSSR count). The van der Waals surface area contributed by atoms with Gasteiger partial charge in [0.2, 0.25) is 0 Å². The fraction of sp³-hybridized carbons (Fsp3) is 0. The Bertz CT molecular complexity index is 2100. The summed E-state index contributed by atoms with van der Waals surface area (Å²) in [4.78, 5) is 4.75. The first-order chi connectivity index (χ1) is 18.3. The second-order valence-electron chi connectivity index (χ2n) is 9.57. The first-order valence-corrected chi connectivity index (χ1v) is 13.4. The third-order valence-electron chi connectivity index (χ3n) is 7.51. The van der Waals surface area contributed by atoms with Crippen molar-refractivity contribution in [1.29, 1.82) is 0 Å². The van der Waals surface area contributed by atoms with Crippen LogP contribution in [0.1, 0.15) is 0 Å². The zero-order chi connectivity index (χ0) is 24.3. The Morgan fingerprint density at radius 3 is 1.68 bits per heavy atom. The molecule has 1 nitrogen and oxygen atoms in total. The van der Waals surface area contributed by atoms with E-state index in [1.165, 1.54) is 63.6 Å². The van der Waals surface area contributed by atoms with E-state index in [9.17, 15) is 0 Å². The van der Waals surface area contributed by atoms with Gasteiger partial charge in [-0.3, -0.25) is 4.98 Å². The van der Waals surface area contributed by atoms with Crippen LogP contribution in [0.2, 0.25) is 0 Å². The van der Waals surface area contributed by atoms with Gasteiger partial charge in [0, 0.05) is 27.2 Å². The maximum absolute atomic E-state index is 4.75. The van der Waals surface area contributed by atoms with E-state index < -0.39 is 0 Å². The molecule has 0 fully saturated rings. The highest BCUT2D eigenvalue weighted by atomic mass is 32.1. The average Bonchev–Trinajstić information content (AvgIpc) is 3.36. The molecule has 0 saturated heterocycles. The lowest BCUT2D eigenvalue weighted by molar-refractivity contribution is 1.37. The van der Waals surface area contributed by atoms with E-state index >= 15 is 0 Å². The quantitative estimate of drug-likeness (QED) is 0.221. The van der Waals surface area contributed by atoms with Gasteiger partial charge in [0.05, 0.1) is 10.4 Å². The molecular formula is C35H21NS. The molecule has 0 amide bonds. The molecule has 2 aromatic heterocycles. The molecule has 0 spiro atoms. The van der Waals surface area contributed by atoms with Gasteiger partial charge in [-0.25, -0.2) is 0 Å². The second-order valence-corrected chi connectivity index (χ2v) is 10.6. The van der Waals surface area contributed by atoms with Gasteiger partial charge in [-0.2, -0.15) is 0 Å². The van der Waals surface area contributed by atoms with Crippen LogP contribution < -0.4 is 0 Å². The molecular weight excluding hydrogens is 466 g/mol. The number of fused-ring (bicyclic) bond motifs is 9. The molecule has 8 aromatic rings. The Kier molecular flexibility index (Phi) is 4.46. The molecule has 2 heterocycles. The van der Waals surface area contributed by atoms with Gasteiger partial charge >= 0.3 is 0 Å². The smallest absolute Gasteiger partial charge is 0.0880 e. The molecule has 2 heteroatoms. The summed E-state index contributed by atoms with van der Waals surface area (Å²) < 4.78 is 2.54. The van der Waals surface area contributed by atoms with Crippen molar-refractivity contribution in [3.63, 3.8) is 0 Å². The van der Waals surface area contributed by atoms with Gasteiger partial charge in [0.25, 0.3) is 0 Å². The Balaban J connectivity index is 1.36. The summed E-state index contributed by atoms with van der Waals surface area (Å²) in [6.45, 7) is 0. The Morgan fingerprint density at radius 1 is 0.405 bits per heavy atom. The topological polar surface area (TPSA) is 12.9 Å². The molecule has 0 aliphatic rings. The van der Waals surface area contributed by atoms with Crippen LogP contribution in [-0.2, 0) is 0 Å². The lowest BCUT2D eigenvalue weighted by Gasteiger charge is -2.12. The number of benzene rings is 6. The maximum Gasteiger partial charge on any atom is 0.0880 e. The largest absolute Gasteiger partial charge is 0.255 e. The summed E-state index contributed by atoms with van der Waals surface area (Å²) in [5, 5.41) is 10.4. The van der Waals surface area contributed by atoms with Crippen LogP contribution in [0, 0.1) is 0 Å². The van der Waals surface area contributed by atoms with E-state index in [1.54, 1.807) is 0 Å². The Hall–Kier alpha value is -4.53. The molecule has 37 heavy (non-hydrogen) atoms. The highest BCUT2D eigenvalue weighted by Gasteiger charge is 2.14. The molecule has 0 aliphatic carbocycles. The van der Waals surface area contributed by atoms with Gasteiger partial charge in [-0.15, -0.1) is 11.3 Å². The summed E-state index contributed by atoms with van der Waals surface area (Å²) >= 11 is 1.83. The molecule has 0 saturated carbocycles. The molecule has 172 valence electrons. The second kappa shape index (κ2) is 7.99. The summed E-state index contributed by atoms with van der Waals surface area (Å²) in [6.07, 6.45) is 1.94. The van der Waals surface area contributed by atoms with Gasteiger partial charge in [-0.05, 0) is 67.7 Å². The van der Waals surface area contributed by atoms with Crippen molar-refractivity contribution in [2.75, 3.05) is 0 Å². The predicted molar refractivity (Wildman–Crippen MR) is 161 cm³/mol. The fourth-order valence-electron chi connectivity index (χ4n) is 5.77. The molecule has 0 bridgehead atoms. The SMILES string of the molecule is c1ccc(-c2nccc3c2sc2ccc(-c4ccc5c6ccccc6c6ccccc6c5c4)cc23)cc1. The fourth-order valence-corrected chi connectivity index (χ4v) is 6.96. The number of thiophene rings is 1. The number of rotatable bonds is 2. The first kappa shape index (κ1) is 20.6. The molecule has 0 aliphatic heterocycles. The number of aromatic nitrogens is 1. The molecule has 0 unspecified atom stereocenters. The van der Waals surface area contributed by atoms with Crippen LogP contribution in [0.25, 0.3) is 74.9 Å². The predicted octanol–water partition coefficient (Wildman–Crippen LogP) is 10.2. The van der Waals surface area contributed by atoms with Gasteiger partial charge in [-0.1, -0.05) is 97.1 Å². The lowest BCUT2D eigenvalue weighted by atomic mass is 9.92. The zero-order valence-electron chi connectivity index (χ0n) is 20.0. The minimum absolute atomic E-state index is 1.06. The normalized spacial score (nSPS) is 11.8. The third-order valence-corrected chi connectivity index (χ3v) is 8.70. The summed E-state index contributed by atoms with van der Waals surface area (Å²) in [5.41, 5.74) is 4.70. The van der Waals surface area contributed by atoms with E-state index in [-0.39, 0.29) is 0 Å². The molecule has 0 radical (unpaired) electrons. The summed E-state index contributed by atoms with van der Waals surface area (Å²) in [7, 11) is 0. The van der Waals surface area contributed by atoms with Crippen molar-refractivity contribution in [2.45, 2.75) is 0 Å². The van der Waals surface area contributed by atoms with E-state index in [4.69, 9.17) is 4.98 Å². The molecule has 6 aromatic carbocycles.